The number of rotatable bonds is 10. The third-order valence-corrected chi connectivity index (χ3v) is 5.78. The maximum atomic E-state index is 13.5. The Morgan fingerprint density at radius 2 is 1.71 bits per heavy atom. The molecule has 178 valence electrons. The molecule has 6 heteroatoms. The van der Waals surface area contributed by atoms with Crippen LogP contribution in [0.15, 0.2) is 72.8 Å². The van der Waals surface area contributed by atoms with E-state index in [4.69, 9.17) is 16.3 Å². The van der Waals surface area contributed by atoms with Crippen molar-refractivity contribution in [1.29, 1.82) is 0 Å². The van der Waals surface area contributed by atoms with Crippen molar-refractivity contribution < 1.29 is 14.3 Å². The van der Waals surface area contributed by atoms with E-state index in [0.29, 0.717) is 23.7 Å². The topological polar surface area (TPSA) is 58.6 Å². The first-order valence-corrected chi connectivity index (χ1v) is 11.8. The summed E-state index contributed by atoms with van der Waals surface area (Å²) < 4.78 is 5.89. The van der Waals surface area contributed by atoms with Gasteiger partial charge >= 0.3 is 0 Å². The van der Waals surface area contributed by atoms with E-state index >= 15 is 0 Å². The number of likely N-dealkylation sites (N-methyl/N-ethyl adjacent to an activating group) is 1. The third-order valence-electron chi connectivity index (χ3n) is 5.55. The highest BCUT2D eigenvalue weighted by molar-refractivity contribution is 6.30. The van der Waals surface area contributed by atoms with Crippen molar-refractivity contribution in [2.45, 2.75) is 39.8 Å². The molecule has 0 aliphatic heterocycles. The number of carbonyl (C=O) groups is 2. The standard InChI is InChI=1S/C28H31ClN2O3/c1-4-30-28(33)25(17-22-9-6-5-7-10-22)31(18-23-11-8-12-24(29)16-23)27(32)19-34-26-14-13-20(2)15-21(26)3/h5-16,25H,4,17-19H2,1-3H3,(H,30,33)/t25-/m1/s1. The van der Waals surface area contributed by atoms with Crippen LogP contribution in [0.5, 0.6) is 5.75 Å². The van der Waals surface area contributed by atoms with Gasteiger partial charge in [0.25, 0.3) is 5.91 Å². The molecule has 0 fully saturated rings. The number of carbonyl (C=O) groups excluding carboxylic acids is 2. The first-order valence-electron chi connectivity index (χ1n) is 11.4. The van der Waals surface area contributed by atoms with Gasteiger partial charge in [-0.3, -0.25) is 9.59 Å². The van der Waals surface area contributed by atoms with Crippen molar-refractivity contribution in [2.24, 2.45) is 0 Å². The van der Waals surface area contributed by atoms with Gasteiger partial charge in [-0.15, -0.1) is 0 Å². The van der Waals surface area contributed by atoms with E-state index in [2.05, 4.69) is 5.32 Å². The smallest absolute Gasteiger partial charge is 0.261 e. The Morgan fingerprint density at radius 1 is 0.971 bits per heavy atom. The van der Waals surface area contributed by atoms with Crippen LogP contribution >= 0.6 is 11.6 Å². The molecule has 3 aromatic carbocycles. The highest BCUT2D eigenvalue weighted by Gasteiger charge is 2.30. The number of hydrogen-bond acceptors (Lipinski definition) is 3. The minimum Gasteiger partial charge on any atom is -0.483 e. The van der Waals surface area contributed by atoms with Crippen molar-refractivity contribution in [2.75, 3.05) is 13.2 Å². The Balaban J connectivity index is 1.90. The van der Waals surface area contributed by atoms with E-state index in [1.165, 1.54) is 0 Å². The van der Waals surface area contributed by atoms with Crippen LogP contribution in [0, 0.1) is 13.8 Å². The molecule has 0 heterocycles. The fraction of sp³-hybridized carbons (Fsp3) is 0.286. The lowest BCUT2D eigenvalue weighted by Gasteiger charge is -2.31. The first kappa shape index (κ1) is 25.3. The summed E-state index contributed by atoms with van der Waals surface area (Å²) in [6.45, 7) is 6.37. The van der Waals surface area contributed by atoms with Crippen LogP contribution < -0.4 is 10.1 Å². The molecule has 34 heavy (non-hydrogen) atoms. The monoisotopic (exact) mass is 478 g/mol. The number of benzene rings is 3. The summed E-state index contributed by atoms with van der Waals surface area (Å²) in [5.74, 6) is 0.180. The van der Waals surface area contributed by atoms with Crippen molar-refractivity contribution >= 4 is 23.4 Å². The minimum absolute atomic E-state index is 0.171. The Labute approximate surface area is 206 Å². The maximum Gasteiger partial charge on any atom is 0.261 e. The van der Waals surface area contributed by atoms with Gasteiger partial charge < -0.3 is 15.0 Å². The van der Waals surface area contributed by atoms with Crippen LogP contribution in [-0.2, 0) is 22.6 Å². The van der Waals surface area contributed by atoms with Crippen LogP contribution in [-0.4, -0.2) is 35.9 Å². The second kappa shape index (κ2) is 12.2. The Kier molecular flexibility index (Phi) is 9.11. The quantitative estimate of drug-likeness (QED) is 0.440. The molecule has 0 spiro atoms. The molecular weight excluding hydrogens is 448 g/mol. The minimum atomic E-state index is -0.698. The molecule has 1 N–H and O–H groups in total. The molecule has 0 saturated heterocycles. The largest absolute Gasteiger partial charge is 0.483 e. The lowest BCUT2D eigenvalue weighted by molar-refractivity contribution is -0.142. The van der Waals surface area contributed by atoms with Gasteiger partial charge in [-0.2, -0.15) is 0 Å². The molecule has 0 unspecified atom stereocenters. The maximum absolute atomic E-state index is 13.5. The normalized spacial score (nSPS) is 11.5. The van der Waals surface area contributed by atoms with E-state index in [1.807, 2.05) is 87.5 Å². The Morgan fingerprint density at radius 3 is 2.38 bits per heavy atom. The van der Waals surface area contributed by atoms with Gasteiger partial charge in [0, 0.05) is 24.5 Å². The lowest BCUT2D eigenvalue weighted by atomic mass is 10.0. The summed E-state index contributed by atoms with van der Waals surface area (Å²) in [6, 6.07) is 22.2. The Bertz CT molecular complexity index is 1120. The van der Waals surface area contributed by atoms with Gasteiger partial charge in [0.15, 0.2) is 6.61 Å². The average molecular weight is 479 g/mol. The van der Waals surface area contributed by atoms with E-state index in [-0.39, 0.29) is 25.0 Å². The van der Waals surface area contributed by atoms with Gasteiger partial charge in [-0.25, -0.2) is 0 Å². The van der Waals surface area contributed by atoms with Crippen molar-refractivity contribution in [3.05, 3.63) is 100 Å². The number of ether oxygens (including phenoxy) is 1. The number of hydrogen-bond donors (Lipinski definition) is 1. The molecule has 0 bridgehead atoms. The van der Waals surface area contributed by atoms with Crippen molar-refractivity contribution in [3.63, 3.8) is 0 Å². The summed E-state index contributed by atoms with van der Waals surface area (Å²) in [5.41, 5.74) is 3.89. The number of amides is 2. The zero-order chi connectivity index (χ0) is 24.5. The zero-order valence-corrected chi connectivity index (χ0v) is 20.6. The first-order chi connectivity index (χ1) is 16.4. The predicted molar refractivity (Wildman–Crippen MR) is 136 cm³/mol. The highest BCUT2D eigenvalue weighted by Crippen LogP contribution is 2.21. The number of aryl methyl sites for hydroxylation is 2. The number of halogens is 1. The van der Waals surface area contributed by atoms with E-state index in [9.17, 15) is 9.59 Å². The second-order valence-electron chi connectivity index (χ2n) is 8.31. The molecule has 0 radical (unpaired) electrons. The molecule has 2 amide bonds. The SMILES string of the molecule is CCNC(=O)[C@@H](Cc1ccccc1)N(Cc1cccc(Cl)c1)C(=O)COc1ccc(C)cc1C. The fourth-order valence-electron chi connectivity index (χ4n) is 3.86. The van der Waals surface area contributed by atoms with Crippen molar-refractivity contribution in [3.8, 4) is 5.75 Å². The van der Waals surface area contributed by atoms with Gasteiger partial charge in [-0.05, 0) is 55.7 Å². The highest BCUT2D eigenvalue weighted by atomic mass is 35.5. The summed E-state index contributed by atoms with van der Waals surface area (Å²) in [4.78, 5) is 28.2. The zero-order valence-electron chi connectivity index (χ0n) is 19.9. The predicted octanol–water partition coefficient (Wildman–Crippen LogP) is 5.11. The van der Waals surface area contributed by atoms with Crippen LogP contribution in [0.25, 0.3) is 0 Å². The summed E-state index contributed by atoms with van der Waals surface area (Å²) in [5, 5.41) is 3.47. The molecule has 0 saturated carbocycles. The second-order valence-corrected chi connectivity index (χ2v) is 8.75. The summed E-state index contributed by atoms with van der Waals surface area (Å²) in [6.07, 6.45) is 0.391. The van der Waals surface area contributed by atoms with Gasteiger partial charge in [-0.1, -0.05) is 71.8 Å². The third kappa shape index (κ3) is 7.09. The van der Waals surface area contributed by atoms with E-state index in [0.717, 1.165) is 22.3 Å². The summed E-state index contributed by atoms with van der Waals surface area (Å²) >= 11 is 6.19. The molecule has 0 aliphatic carbocycles. The van der Waals surface area contributed by atoms with Crippen LogP contribution in [0.4, 0.5) is 0 Å². The average Bonchev–Trinajstić information content (AvgIpc) is 2.81. The van der Waals surface area contributed by atoms with Crippen LogP contribution in [0.2, 0.25) is 5.02 Å². The molecule has 0 aliphatic rings. The van der Waals surface area contributed by atoms with E-state index < -0.39 is 6.04 Å². The van der Waals surface area contributed by atoms with Gasteiger partial charge in [0.05, 0.1) is 0 Å². The van der Waals surface area contributed by atoms with Gasteiger partial charge in [0.1, 0.15) is 11.8 Å². The molecule has 5 nitrogen and oxygen atoms in total. The Hall–Kier alpha value is -3.31. The van der Waals surface area contributed by atoms with Gasteiger partial charge in [0.2, 0.25) is 5.91 Å². The van der Waals surface area contributed by atoms with Crippen LogP contribution in [0.3, 0.4) is 0 Å². The molecule has 3 rings (SSSR count). The van der Waals surface area contributed by atoms with E-state index in [1.54, 1.807) is 11.0 Å². The number of nitrogens with zero attached hydrogens (tertiary/aromatic N) is 1. The van der Waals surface area contributed by atoms with Crippen molar-refractivity contribution in [1.82, 2.24) is 10.2 Å². The lowest BCUT2D eigenvalue weighted by Crippen LogP contribution is -2.51. The fourth-order valence-corrected chi connectivity index (χ4v) is 4.07. The molecule has 0 aromatic heterocycles. The van der Waals surface area contributed by atoms with Crippen LogP contribution in [0.1, 0.15) is 29.2 Å². The summed E-state index contributed by atoms with van der Waals surface area (Å²) in [7, 11) is 0. The molecular formula is C28H31ClN2O3. The molecule has 3 aromatic rings. The number of nitrogens with one attached hydrogen (secondary N) is 1. The molecule has 1 atom stereocenters.